The first kappa shape index (κ1) is 14.6. The number of aromatic amines is 2. The number of anilines is 1. The minimum atomic E-state index is -0.483. The fourth-order valence-electron chi connectivity index (χ4n) is 1.88. The average molecular weight is 293 g/mol. The van der Waals surface area contributed by atoms with Gasteiger partial charge in [0.25, 0.3) is 0 Å². The zero-order valence-corrected chi connectivity index (χ0v) is 12.2. The van der Waals surface area contributed by atoms with E-state index in [1.54, 1.807) is 6.20 Å². The molecule has 2 rings (SSSR count). The third kappa shape index (κ3) is 4.40. The summed E-state index contributed by atoms with van der Waals surface area (Å²) in [7, 11) is 0. The molecule has 0 spiro atoms. The molecule has 0 radical (unpaired) electrons. The number of benzene rings is 1. The van der Waals surface area contributed by atoms with E-state index in [-0.39, 0.29) is 0 Å². The van der Waals surface area contributed by atoms with Crippen LogP contribution in [0.3, 0.4) is 0 Å². The van der Waals surface area contributed by atoms with Gasteiger partial charge in [-0.15, -0.1) is 0 Å². The highest BCUT2D eigenvalue weighted by Crippen LogP contribution is 2.15. The summed E-state index contributed by atoms with van der Waals surface area (Å²) in [5.74, 6) is 0.846. The van der Waals surface area contributed by atoms with Gasteiger partial charge in [0.15, 0.2) is 4.77 Å². The molecule has 4 N–H and O–H groups in total. The Balaban J connectivity index is 1.80. The Labute approximate surface area is 123 Å². The maximum Gasteiger partial charge on any atom is 0.174 e. The minimum Gasteiger partial charge on any atom is -0.494 e. The zero-order valence-electron chi connectivity index (χ0n) is 11.3. The van der Waals surface area contributed by atoms with Crippen molar-refractivity contribution in [2.45, 2.75) is 19.4 Å². The van der Waals surface area contributed by atoms with Gasteiger partial charge < -0.3 is 25.1 Å². The number of aromatic nitrogens is 2. The molecule has 1 aromatic carbocycles. The van der Waals surface area contributed by atoms with E-state index < -0.39 is 6.10 Å². The summed E-state index contributed by atoms with van der Waals surface area (Å²) in [6, 6.07) is 7.67. The van der Waals surface area contributed by atoms with E-state index in [1.165, 1.54) is 0 Å². The highest BCUT2D eigenvalue weighted by Gasteiger charge is 2.06. The second-order valence-electron chi connectivity index (χ2n) is 4.46. The molecule has 1 atom stereocenters. The molecule has 0 bridgehead atoms. The maximum absolute atomic E-state index is 9.96. The Kier molecular flexibility index (Phi) is 5.20. The second kappa shape index (κ2) is 7.12. The van der Waals surface area contributed by atoms with Crippen molar-refractivity contribution in [2.24, 2.45) is 0 Å². The van der Waals surface area contributed by atoms with E-state index >= 15 is 0 Å². The maximum atomic E-state index is 9.96. The molecule has 0 aliphatic rings. The Morgan fingerprint density at radius 1 is 1.35 bits per heavy atom. The summed E-state index contributed by atoms with van der Waals surface area (Å²) >= 11 is 4.94. The lowest BCUT2D eigenvalue weighted by atomic mass is 10.2. The monoisotopic (exact) mass is 293 g/mol. The lowest BCUT2D eigenvalue weighted by Crippen LogP contribution is -2.22. The van der Waals surface area contributed by atoms with Crippen molar-refractivity contribution in [3.63, 3.8) is 0 Å². The van der Waals surface area contributed by atoms with Crippen LogP contribution < -0.4 is 10.1 Å². The Hall–Kier alpha value is -1.79. The number of nitrogens with one attached hydrogen (secondary N) is 3. The van der Waals surface area contributed by atoms with Gasteiger partial charge in [-0.25, -0.2) is 0 Å². The van der Waals surface area contributed by atoms with Crippen molar-refractivity contribution >= 4 is 17.9 Å². The third-order valence-corrected chi connectivity index (χ3v) is 3.03. The average Bonchev–Trinajstić information content (AvgIpc) is 2.84. The molecule has 2 aromatic rings. The van der Waals surface area contributed by atoms with Crippen molar-refractivity contribution < 1.29 is 9.84 Å². The second-order valence-corrected chi connectivity index (χ2v) is 4.87. The van der Waals surface area contributed by atoms with Crippen LogP contribution in [0.5, 0.6) is 5.75 Å². The number of aliphatic hydroxyl groups is 1. The predicted molar refractivity (Wildman–Crippen MR) is 81.8 cm³/mol. The van der Waals surface area contributed by atoms with Crippen molar-refractivity contribution in [2.75, 3.05) is 18.5 Å². The number of ether oxygens (including phenoxy) is 1. The summed E-state index contributed by atoms with van der Waals surface area (Å²) in [4.78, 5) is 5.86. The zero-order chi connectivity index (χ0) is 14.4. The molecule has 0 saturated carbocycles. The van der Waals surface area contributed by atoms with Gasteiger partial charge in [-0.1, -0.05) is 0 Å². The number of H-pyrrole nitrogens is 2. The van der Waals surface area contributed by atoms with Crippen molar-refractivity contribution in [3.8, 4) is 5.75 Å². The van der Waals surface area contributed by atoms with Gasteiger partial charge in [-0.3, -0.25) is 0 Å². The third-order valence-electron chi connectivity index (χ3n) is 2.81. The Bertz CT molecular complexity index is 577. The number of hydrogen-bond acceptors (Lipinski definition) is 4. The fraction of sp³-hybridized carbons (Fsp3) is 0.357. The quantitative estimate of drug-likeness (QED) is 0.592. The molecule has 20 heavy (non-hydrogen) atoms. The van der Waals surface area contributed by atoms with Gasteiger partial charge in [-0.05, 0) is 43.4 Å². The number of rotatable bonds is 7. The fourth-order valence-corrected chi connectivity index (χ4v) is 2.07. The van der Waals surface area contributed by atoms with Crippen LogP contribution >= 0.6 is 12.2 Å². The highest BCUT2D eigenvalue weighted by atomic mass is 32.1. The summed E-state index contributed by atoms with van der Waals surface area (Å²) in [5.41, 5.74) is 1.85. The van der Waals surface area contributed by atoms with E-state index in [2.05, 4.69) is 15.3 Å². The molecule has 1 heterocycles. The molecule has 6 heteroatoms. The van der Waals surface area contributed by atoms with Crippen molar-refractivity contribution in [3.05, 3.63) is 40.9 Å². The lowest BCUT2D eigenvalue weighted by Gasteiger charge is -2.12. The molecule has 0 saturated heterocycles. The van der Waals surface area contributed by atoms with E-state index in [4.69, 9.17) is 17.0 Å². The van der Waals surface area contributed by atoms with Crippen LogP contribution in [-0.2, 0) is 6.42 Å². The smallest absolute Gasteiger partial charge is 0.174 e. The Morgan fingerprint density at radius 3 is 2.70 bits per heavy atom. The molecule has 1 aromatic heterocycles. The minimum absolute atomic E-state index is 0.472. The molecular formula is C14H19N3O2S. The molecule has 5 nitrogen and oxygen atoms in total. The molecule has 0 amide bonds. The Morgan fingerprint density at radius 2 is 2.10 bits per heavy atom. The van der Waals surface area contributed by atoms with Crippen LogP contribution in [0.4, 0.5) is 5.69 Å². The number of aliphatic hydroxyl groups excluding tert-OH is 1. The van der Waals surface area contributed by atoms with Gasteiger partial charge >= 0.3 is 0 Å². The van der Waals surface area contributed by atoms with Gasteiger partial charge in [0, 0.05) is 30.5 Å². The normalized spacial score (nSPS) is 12.1. The van der Waals surface area contributed by atoms with E-state index in [1.807, 2.05) is 31.2 Å². The molecule has 108 valence electrons. The van der Waals surface area contributed by atoms with E-state index in [9.17, 15) is 5.11 Å². The van der Waals surface area contributed by atoms with Crippen molar-refractivity contribution in [1.29, 1.82) is 0 Å². The van der Waals surface area contributed by atoms with Crippen LogP contribution in [-0.4, -0.2) is 34.3 Å². The van der Waals surface area contributed by atoms with E-state index in [0.717, 1.165) is 17.1 Å². The summed E-state index contributed by atoms with van der Waals surface area (Å²) < 4.78 is 5.95. The van der Waals surface area contributed by atoms with Gasteiger partial charge in [0.2, 0.25) is 0 Å². The first-order chi connectivity index (χ1) is 9.67. The van der Waals surface area contributed by atoms with Gasteiger partial charge in [0.05, 0.1) is 12.7 Å². The van der Waals surface area contributed by atoms with Crippen LogP contribution in [0.25, 0.3) is 0 Å². The topological polar surface area (TPSA) is 73.1 Å². The molecule has 0 fully saturated rings. The molecule has 0 aliphatic carbocycles. The highest BCUT2D eigenvalue weighted by molar-refractivity contribution is 7.71. The summed E-state index contributed by atoms with van der Waals surface area (Å²) in [5, 5.41) is 13.1. The number of imidazole rings is 1. The first-order valence-electron chi connectivity index (χ1n) is 6.58. The largest absolute Gasteiger partial charge is 0.494 e. The van der Waals surface area contributed by atoms with Gasteiger partial charge in [0.1, 0.15) is 5.75 Å². The molecular weight excluding hydrogens is 274 g/mol. The van der Waals surface area contributed by atoms with Crippen LogP contribution in [0.2, 0.25) is 0 Å². The summed E-state index contributed by atoms with van der Waals surface area (Å²) in [6.07, 6.45) is 1.82. The first-order valence-corrected chi connectivity index (χ1v) is 6.99. The van der Waals surface area contributed by atoms with Crippen LogP contribution in [0.15, 0.2) is 30.5 Å². The van der Waals surface area contributed by atoms with Crippen molar-refractivity contribution in [1.82, 2.24) is 9.97 Å². The predicted octanol–water partition coefficient (Wildman–Crippen LogP) is 2.49. The lowest BCUT2D eigenvalue weighted by molar-refractivity contribution is 0.187. The molecule has 0 aliphatic heterocycles. The van der Waals surface area contributed by atoms with Crippen LogP contribution in [0, 0.1) is 4.77 Å². The SMILES string of the molecule is CCOc1ccc(NCC(O)Cc2c[nH]c(=S)[nH]2)cc1. The van der Waals surface area contributed by atoms with E-state index in [0.29, 0.717) is 24.3 Å². The standard InChI is InChI=1S/C14H19N3O2S/c1-2-19-13-5-3-10(4-6-13)15-9-12(18)7-11-8-16-14(20)17-11/h3-6,8,12,15,18H,2,7,9H2,1H3,(H2,16,17,20). The number of hydrogen-bond donors (Lipinski definition) is 4. The molecule has 1 unspecified atom stereocenters. The summed E-state index contributed by atoms with van der Waals surface area (Å²) in [6.45, 7) is 3.08. The van der Waals surface area contributed by atoms with Gasteiger partial charge in [-0.2, -0.15) is 0 Å². The van der Waals surface area contributed by atoms with Crippen LogP contribution in [0.1, 0.15) is 12.6 Å².